The Balaban J connectivity index is 1.10. The molecule has 4 aromatic rings. The standard InChI is InChI=1S/C50H66N8O8S4/c1-29(2)7-17-43(61)55-39(49(65)57-23-37(59)19-41(57)47(63)51-21-33-9-13-35(14-10-33)45-31(5)53-27-67-45)25-69-70-26-40(56-44(62)18-8-30(3)4)50(66)58-24-38(60)20-42(58)48(64)52-22-34-11-15-36(16-12-34)46-32(6)54-28-68-46/h9-16,27-30,37-42,59-60H,7-8,17-26H2,1-6H3,(H,51,63)(H,52,64)(H,55,61)(H,56,62)/t37-,38+,39+,40-,41+,42-. The van der Waals surface area contributed by atoms with Crippen molar-refractivity contribution < 1.29 is 39.0 Å². The van der Waals surface area contributed by atoms with Crippen molar-refractivity contribution in [2.24, 2.45) is 11.8 Å². The minimum atomic E-state index is -1.08. The third kappa shape index (κ3) is 15.3. The highest BCUT2D eigenvalue weighted by atomic mass is 33.1. The second-order valence-corrected chi connectivity index (χ2v) is 23.1. The average molecular weight is 1040 g/mol. The molecule has 2 fully saturated rings. The van der Waals surface area contributed by atoms with Gasteiger partial charge in [0.05, 0.1) is 44.4 Å². The molecule has 2 saturated heterocycles. The van der Waals surface area contributed by atoms with Gasteiger partial charge in [-0.05, 0) is 60.8 Å². The fraction of sp³-hybridized carbons (Fsp3) is 0.520. The summed E-state index contributed by atoms with van der Waals surface area (Å²) >= 11 is 3.11. The molecule has 2 aromatic heterocycles. The summed E-state index contributed by atoms with van der Waals surface area (Å²) in [4.78, 5) is 96.1. The van der Waals surface area contributed by atoms with E-state index in [9.17, 15) is 39.0 Å². The molecular weight excluding hydrogens is 969 g/mol. The van der Waals surface area contributed by atoms with E-state index in [1.54, 1.807) is 33.7 Å². The number of aromatic nitrogens is 2. The summed E-state index contributed by atoms with van der Waals surface area (Å²) in [5.74, 6) is -1.99. The lowest BCUT2D eigenvalue weighted by Crippen LogP contribution is -2.54. The van der Waals surface area contributed by atoms with Crippen LogP contribution in [0.1, 0.15) is 88.7 Å². The highest BCUT2D eigenvalue weighted by molar-refractivity contribution is 8.76. The fourth-order valence-electron chi connectivity index (χ4n) is 8.29. The van der Waals surface area contributed by atoms with Gasteiger partial charge in [-0.15, -0.1) is 22.7 Å². The van der Waals surface area contributed by atoms with Crippen LogP contribution >= 0.6 is 44.3 Å². The van der Waals surface area contributed by atoms with Gasteiger partial charge in [-0.1, -0.05) is 97.8 Å². The molecule has 20 heteroatoms. The first-order valence-corrected chi connectivity index (χ1v) is 28.1. The van der Waals surface area contributed by atoms with Gasteiger partial charge in [0.1, 0.15) is 24.2 Å². The quantitative estimate of drug-likeness (QED) is 0.0393. The van der Waals surface area contributed by atoms with Crippen molar-refractivity contribution in [2.45, 2.75) is 130 Å². The molecular formula is C50H66N8O8S4. The average Bonchev–Trinajstić information content (AvgIpc) is 4.16. The molecule has 6 atom stereocenters. The summed E-state index contributed by atoms with van der Waals surface area (Å²) in [7, 11) is 2.43. The van der Waals surface area contributed by atoms with E-state index in [2.05, 4.69) is 31.2 Å². The molecule has 4 heterocycles. The molecule has 0 radical (unpaired) electrons. The van der Waals surface area contributed by atoms with Gasteiger partial charge in [0.15, 0.2) is 0 Å². The van der Waals surface area contributed by atoms with Crippen LogP contribution in [0.5, 0.6) is 0 Å². The minimum Gasteiger partial charge on any atom is -0.391 e. The number of benzene rings is 2. The third-order valence-electron chi connectivity index (χ3n) is 12.3. The zero-order valence-electron chi connectivity index (χ0n) is 40.6. The number of nitrogens with one attached hydrogen (secondary N) is 4. The molecule has 0 saturated carbocycles. The number of aryl methyl sites for hydroxylation is 2. The summed E-state index contributed by atoms with van der Waals surface area (Å²) < 4.78 is 0. The zero-order chi connectivity index (χ0) is 50.5. The molecule has 2 aliphatic rings. The number of aliphatic hydroxyl groups excluding tert-OH is 2. The van der Waals surface area contributed by atoms with Gasteiger partial charge in [-0.2, -0.15) is 0 Å². The SMILES string of the molecule is Cc1ncsc1-c1ccc(CNC(=O)[C@H]2C[C@H](O)CN2C(=O)[C@@H](CSSC[C@H](NC(=O)CCC(C)C)C(=O)N2C[C@H](O)C[C@H]2C(=O)NCc2ccc(-c3scnc3C)cc2)NC(=O)CCC(C)C)cc1. The van der Waals surface area contributed by atoms with Crippen molar-refractivity contribution in [3.63, 3.8) is 0 Å². The maximum Gasteiger partial charge on any atom is 0.246 e. The van der Waals surface area contributed by atoms with Crippen LogP contribution < -0.4 is 21.3 Å². The van der Waals surface area contributed by atoms with E-state index >= 15 is 0 Å². The molecule has 16 nitrogen and oxygen atoms in total. The molecule has 2 aliphatic heterocycles. The van der Waals surface area contributed by atoms with Gasteiger partial charge in [0, 0.05) is 63.4 Å². The number of likely N-dealkylation sites (tertiary alicyclic amines) is 2. The Labute approximate surface area is 426 Å². The van der Waals surface area contributed by atoms with Crippen LogP contribution in [0.15, 0.2) is 59.6 Å². The number of hydrogen-bond donors (Lipinski definition) is 6. The van der Waals surface area contributed by atoms with Crippen molar-refractivity contribution in [2.75, 3.05) is 24.6 Å². The number of carbonyl (C=O) groups excluding carboxylic acids is 6. The Bertz CT molecular complexity index is 2250. The van der Waals surface area contributed by atoms with E-state index in [0.717, 1.165) is 43.4 Å². The van der Waals surface area contributed by atoms with E-state index in [1.807, 2.05) is 90.1 Å². The molecule has 2 aromatic carbocycles. The molecule has 0 spiro atoms. The lowest BCUT2D eigenvalue weighted by molar-refractivity contribution is -0.141. The van der Waals surface area contributed by atoms with Gasteiger partial charge >= 0.3 is 0 Å². The van der Waals surface area contributed by atoms with Gasteiger partial charge in [0.2, 0.25) is 35.4 Å². The van der Waals surface area contributed by atoms with Crippen molar-refractivity contribution in [3.05, 3.63) is 82.1 Å². The van der Waals surface area contributed by atoms with Crippen LogP contribution in [-0.2, 0) is 41.9 Å². The number of amides is 6. The Hall–Kier alpha value is -4.86. The zero-order valence-corrected chi connectivity index (χ0v) is 43.9. The first kappa shape index (κ1) is 54.5. The molecule has 0 bridgehead atoms. The predicted molar refractivity (Wildman–Crippen MR) is 277 cm³/mol. The van der Waals surface area contributed by atoms with Crippen LogP contribution in [-0.4, -0.2) is 126 Å². The van der Waals surface area contributed by atoms with Crippen LogP contribution in [0.2, 0.25) is 0 Å². The van der Waals surface area contributed by atoms with E-state index in [4.69, 9.17) is 0 Å². The Morgan fingerprint density at radius 1 is 0.629 bits per heavy atom. The first-order valence-electron chi connectivity index (χ1n) is 23.8. The highest BCUT2D eigenvalue weighted by Crippen LogP contribution is 2.30. The maximum atomic E-state index is 14.4. The lowest BCUT2D eigenvalue weighted by Gasteiger charge is -2.29. The predicted octanol–water partition coefficient (Wildman–Crippen LogP) is 5.63. The molecule has 6 rings (SSSR count). The number of hydrogen-bond acceptors (Lipinski definition) is 14. The van der Waals surface area contributed by atoms with Gasteiger partial charge in [-0.25, -0.2) is 9.97 Å². The smallest absolute Gasteiger partial charge is 0.246 e. The number of β-amino-alcohol motifs (C(OH)–C–C–N with tert-alkyl or cyclic N) is 2. The summed E-state index contributed by atoms with van der Waals surface area (Å²) in [6.07, 6.45) is -0.286. The van der Waals surface area contributed by atoms with Gasteiger partial charge in [-0.3, -0.25) is 28.8 Å². The van der Waals surface area contributed by atoms with Gasteiger partial charge < -0.3 is 41.3 Å². The first-order chi connectivity index (χ1) is 33.5. The third-order valence-corrected chi connectivity index (χ3v) is 16.7. The Morgan fingerprint density at radius 2 is 1.00 bits per heavy atom. The summed E-state index contributed by atoms with van der Waals surface area (Å²) in [5, 5.41) is 33.1. The second-order valence-electron chi connectivity index (χ2n) is 18.8. The van der Waals surface area contributed by atoms with Crippen molar-refractivity contribution in [3.8, 4) is 20.9 Å². The van der Waals surface area contributed by atoms with Crippen LogP contribution in [0.25, 0.3) is 20.9 Å². The van der Waals surface area contributed by atoms with E-state index in [-0.39, 0.29) is 87.0 Å². The van der Waals surface area contributed by atoms with Crippen LogP contribution in [0, 0.1) is 25.7 Å². The largest absolute Gasteiger partial charge is 0.391 e. The monoisotopic (exact) mass is 1030 g/mol. The Morgan fingerprint density at radius 3 is 1.33 bits per heavy atom. The minimum absolute atomic E-state index is 0.0303. The van der Waals surface area contributed by atoms with E-state index in [1.165, 1.54) is 31.4 Å². The number of rotatable bonds is 23. The van der Waals surface area contributed by atoms with Crippen molar-refractivity contribution in [1.82, 2.24) is 41.0 Å². The lowest BCUT2D eigenvalue weighted by atomic mass is 10.1. The maximum absolute atomic E-state index is 14.4. The van der Waals surface area contributed by atoms with E-state index < -0.39 is 60.0 Å². The second kappa shape index (κ2) is 26.0. The molecule has 6 N–H and O–H groups in total. The normalized spacial score (nSPS) is 18.8. The molecule has 0 aliphatic carbocycles. The van der Waals surface area contributed by atoms with Crippen LogP contribution in [0.4, 0.5) is 0 Å². The summed E-state index contributed by atoms with van der Waals surface area (Å²) in [5.41, 5.74) is 9.23. The number of nitrogens with zero attached hydrogens (tertiary/aromatic N) is 4. The highest BCUT2D eigenvalue weighted by Gasteiger charge is 2.43. The van der Waals surface area contributed by atoms with Gasteiger partial charge in [0.25, 0.3) is 0 Å². The fourth-order valence-corrected chi connectivity index (χ4v) is 12.2. The molecule has 6 amide bonds. The molecule has 70 heavy (non-hydrogen) atoms. The van der Waals surface area contributed by atoms with E-state index in [0.29, 0.717) is 12.8 Å². The van der Waals surface area contributed by atoms with Crippen LogP contribution in [0.3, 0.4) is 0 Å². The summed E-state index contributed by atoms with van der Waals surface area (Å²) in [6.45, 7) is 12.1. The number of aliphatic hydroxyl groups is 2. The number of carbonyl (C=O) groups is 6. The molecule has 378 valence electrons. The molecule has 0 unspecified atom stereocenters. The number of thiazole rings is 2. The Kier molecular flexibility index (Phi) is 20.2. The summed E-state index contributed by atoms with van der Waals surface area (Å²) in [6, 6.07) is 11.5. The van der Waals surface area contributed by atoms with Crippen molar-refractivity contribution >= 4 is 79.7 Å². The topological polar surface area (TPSA) is 223 Å². The van der Waals surface area contributed by atoms with Crippen molar-refractivity contribution in [1.29, 1.82) is 0 Å².